The minimum atomic E-state index is 0.0620. The molecule has 0 aromatic heterocycles. The van der Waals surface area contributed by atoms with E-state index in [-0.39, 0.29) is 5.91 Å². The molecule has 0 spiro atoms. The third-order valence-electron chi connectivity index (χ3n) is 3.28. The summed E-state index contributed by atoms with van der Waals surface area (Å²) in [5.74, 6) is 0.0620. The van der Waals surface area contributed by atoms with E-state index < -0.39 is 0 Å². The van der Waals surface area contributed by atoms with Crippen molar-refractivity contribution in [1.29, 1.82) is 0 Å². The van der Waals surface area contributed by atoms with Gasteiger partial charge < -0.3 is 15.5 Å². The predicted molar refractivity (Wildman–Crippen MR) is 62.7 cm³/mol. The molecule has 2 aliphatic rings. The molecule has 84 valence electrons. The van der Waals surface area contributed by atoms with Gasteiger partial charge in [-0.1, -0.05) is 6.07 Å². The topological polar surface area (TPSA) is 44.4 Å². The van der Waals surface area contributed by atoms with Crippen LogP contribution in [0.3, 0.4) is 0 Å². The maximum atomic E-state index is 11.6. The standard InChI is InChI=1S/C12H15N3O/c16-12-9-2-1-3-11(10(9)8-14-12)15-6-4-13-5-7-15/h1-3,13H,4-8H2,(H,14,16). The van der Waals surface area contributed by atoms with Gasteiger partial charge in [-0.05, 0) is 12.1 Å². The van der Waals surface area contributed by atoms with Crippen LogP contribution < -0.4 is 15.5 Å². The van der Waals surface area contributed by atoms with E-state index >= 15 is 0 Å². The highest BCUT2D eigenvalue weighted by Crippen LogP contribution is 2.27. The van der Waals surface area contributed by atoms with Crippen molar-refractivity contribution in [1.82, 2.24) is 10.6 Å². The maximum Gasteiger partial charge on any atom is 0.251 e. The fraction of sp³-hybridized carbons (Fsp3) is 0.417. The molecule has 0 aliphatic carbocycles. The van der Waals surface area contributed by atoms with Crippen LogP contribution in [-0.2, 0) is 6.54 Å². The lowest BCUT2D eigenvalue weighted by Crippen LogP contribution is -2.43. The van der Waals surface area contributed by atoms with Crippen LogP contribution >= 0.6 is 0 Å². The Hall–Kier alpha value is -1.55. The summed E-state index contributed by atoms with van der Waals surface area (Å²) in [6, 6.07) is 5.99. The molecule has 1 aromatic carbocycles. The van der Waals surface area contributed by atoms with E-state index in [4.69, 9.17) is 0 Å². The van der Waals surface area contributed by atoms with Crippen molar-refractivity contribution in [2.75, 3.05) is 31.1 Å². The first-order chi connectivity index (χ1) is 7.86. The number of piperazine rings is 1. The minimum Gasteiger partial charge on any atom is -0.369 e. The normalized spacial score (nSPS) is 19.5. The van der Waals surface area contributed by atoms with Crippen LogP contribution in [0, 0.1) is 0 Å². The molecule has 0 atom stereocenters. The van der Waals surface area contributed by atoms with Gasteiger partial charge in [0.15, 0.2) is 0 Å². The number of hydrogen-bond donors (Lipinski definition) is 2. The van der Waals surface area contributed by atoms with E-state index in [2.05, 4.69) is 21.6 Å². The Labute approximate surface area is 94.6 Å². The first kappa shape index (κ1) is 9.66. The Bertz CT molecular complexity index is 424. The Morgan fingerprint density at radius 3 is 2.81 bits per heavy atom. The summed E-state index contributed by atoms with van der Waals surface area (Å²) in [5.41, 5.74) is 3.22. The molecule has 1 amide bonds. The van der Waals surface area contributed by atoms with Gasteiger partial charge in [-0.2, -0.15) is 0 Å². The molecule has 2 heterocycles. The Morgan fingerprint density at radius 2 is 2.00 bits per heavy atom. The zero-order valence-electron chi connectivity index (χ0n) is 9.12. The zero-order valence-corrected chi connectivity index (χ0v) is 9.12. The third-order valence-corrected chi connectivity index (χ3v) is 3.28. The summed E-state index contributed by atoms with van der Waals surface area (Å²) in [4.78, 5) is 13.9. The fourth-order valence-electron chi connectivity index (χ4n) is 2.44. The SMILES string of the molecule is O=C1NCc2c1cccc2N1CCNCC1. The molecule has 4 nitrogen and oxygen atoms in total. The van der Waals surface area contributed by atoms with Crippen molar-refractivity contribution in [3.05, 3.63) is 29.3 Å². The van der Waals surface area contributed by atoms with Crippen LogP contribution in [0.2, 0.25) is 0 Å². The molecule has 0 bridgehead atoms. The smallest absolute Gasteiger partial charge is 0.251 e. The molecular weight excluding hydrogens is 202 g/mol. The summed E-state index contributed by atoms with van der Waals surface area (Å²) < 4.78 is 0. The molecule has 3 rings (SSSR count). The van der Waals surface area contributed by atoms with Gasteiger partial charge in [0.2, 0.25) is 0 Å². The number of carbonyl (C=O) groups is 1. The average molecular weight is 217 g/mol. The predicted octanol–water partition coefficient (Wildman–Crippen LogP) is 0.340. The second-order valence-electron chi connectivity index (χ2n) is 4.22. The number of benzene rings is 1. The summed E-state index contributed by atoms with van der Waals surface area (Å²) in [6.45, 7) is 4.75. The lowest BCUT2D eigenvalue weighted by atomic mass is 10.1. The van der Waals surface area contributed by atoms with Gasteiger partial charge >= 0.3 is 0 Å². The van der Waals surface area contributed by atoms with Crippen molar-refractivity contribution in [2.24, 2.45) is 0 Å². The van der Waals surface area contributed by atoms with Crippen LogP contribution in [0.1, 0.15) is 15.9 Å². The van der Waals surface area contributed by atoms with Crippen molar-refractivity contribution >= 4 is 11.6 Å². The fourth-order valence-corrected chi connectivity index (χ4v) is 2.44. The highest BCUT2D eigenvalue weighted by Gasteiger charge is 2.24. The quantitative estimate of drug-likeness (QED) is 0.713. The molecule has 2 aliphatic heterocycles. The summed E-state index contributed by atoms with van der Waals surface area (Å²) in [5, 5.41) is 6.22. The lowest BCUT2D eigenvalue weighted by molar-refractivity contribution is 0.0966. The zero-order chi connectivity index (χ0) is 11.0. The molecule has 1 aromatic rings. The van der Waals surface area contributed by atoms with Crippen molar-refractivity contribution < 1.29 is 4.79 Å². The summed E-state index contributed by atoms with van der Waals surface area (Å²) in [6.07, 6.45) is 0. The van der Waals surface area contributed by atoms with Crippen LogP contribution in [0.15, 0.2) is 18.2 Å². The minimum absolute atomic E-state index is 0.0620. The molecule has 0 radical (unpaired) electrons. The van der Waals surface area contributed by atoms with Gasteiger partial charge in [-0.15, -0.1) is 0 Å². The van der Waals surface area contributed by atoms with E-state index in [9.17, 15) is 4.79 Å². The largest absolute Gasteiger partial charge is 0.369 e. The highest BCUT2D eigenvalue weighted by molar-refractivity contribution is 6.00. The number of rotatable bonds is 1. The summed E-state index contributed by atoms with van der Waals surface area (Å²) in [7, 11) is 0. The average Bonchev–Trinajstić information content (AvgIpc) is 2.73. The molecule has 0 saturated carbocycles. The molecule has 4 heteroatoms. The van der Waals surface area contributed by atoms with E-state index in [1.165, 1.54) is 5.69 Å². The van der Waals surface area contributed by atoms with Gasteiger partial charge in [0, 0.05) is 49.5 Å². The molecule has 0 unspecified atom stereocenters. The van der Waals surface area contributed by atoms with E-state index in [1.807, 2.05) is 12.1 Å². The van der Waals surface area contributed by atoms with Crippen LogP contribution in [0.4, 0.5) is 5.69 Å². The lowest BCUT2D eigenvalue weighted by Gasteiger charge is -2.30. The van der Waals surface area contributed by atoms with E-state index in [0.717, 1.165) is 37.3 Å². The molecule has 1 saturated heterocycles. The number of carbonyl (C=O) groups excluding carboxylic acids is 1. The first-order valence-electron chi connectivity index (χ1n) is 5.72. The van der Waals surface area contributed by atoms with Crippen LogP contribution in [0.25, 0.3) is 0 Å². The van der Waals surface area contributed by atoms with Gasteiger partial charge in [0.1, 0.15) is 0 Å². The van der Waals surface area contributed by atoms with Gasteiger partial charge in [-0.25, -0.2) is 0 Å². The number of nitrogens with zero attached hydrogens (tertiary/aromatic N) is 1. The van der Waals surface area contributed by atoms with E-state index in [1.54, 1.807) is 0 Å². The number of nitrogens with one attached hydrogen (secondary N) is 2. The number of amides is 1. The maximum absolute atomic E-state index is 11.6. The highest BCUT2D eigenvalue weighted by atomic mass is 16.1. The van der Waals surface area contributed by atoms with E-state index in [0.29, 0.717) is 6.54 Å². The number of anilines is 1. The van der Waals surface area contributed by atoms with Crippen LogP contribution in [0.5, 0.6) is 0 Å². The summed E-state index contributed by atoms with van der Waals surface area (Å²) >= 11 is 0. The molecular formula is C12H15N3O. The van der Waals surface area contributed by atoms with Crippen molar-refractivity contribution in [2.45, 2.75) is 6.54 Å². The molecule has 2 N–H and O–H groups in total. The van der Waals surface area contributed by atoms with Gasteiger partial charge in [0.05, 0.1) is 0 Å². The molecule has 1 fully saturated rings. The first-order valence-corrected chi connectivity index (χ1v) is 5.72. The second kappa shape index (κ2) is 3.79. The Morgan fingerprint density at radius 1 is 1.19 bits per heavy atom. The van der Waals surface area contributed by atoms with Crippen molar-refractivity contribution in [3.63, 3.8) is 0 Å². The molecule has 16 heavy (non-hydrogen) atoms. The Kier molecular flexibility index (Phi) is 2.29. The van der Waals surface area contributed by atoms with Crippen LogP contribution in [-0.4, -0.2) is 32.1 Å². The Balaban J connectivity index is 1.98. The second-order valence-corrected chi connectivity index (χ2v) is 4.22. The van der Waals surface area contributed by atoms with Crippen molar-refractivity contribution in [3.8, 4) is 0 Å². The van der Waals surface area contributed by atoms with Gasteiger partial charge in [-0.3, -0.25) is 4.79 Å². The number of hydrogen-bond acceptors (Lipinski definition) is 3. The van der Waals surface area contributed by atoms with Gasteiger partial charge in [0.25, 0.3) is 5.91 Å². The number of fused-ring (bicyclic) bond motifs is 1. The third kappa shape index (κ3) is 1.46. The monoisotopic (exact) mass is 217 g/mol.